The van der Waals surface area contributed by atoms with Crippen LogP contribution in [0.15, 0.2) is 32.3 Å². The monoisotopic (exact) mass is 489 g/mol. The lowest BCUT2D eigenvalue weighted by Crippen LogP contribution is -2.43. The molecule has 3 rings (SSSR count). The Morgan fingerprint density at radius 2 is 1.97 bits per heavy atom. The minimum Gasteiger partial charge on any atom is -0.363 e. The van der Waals surface area contributed by atoms with Crippen molar-refractivity contribution in [2.24, 2.45) is 10.1 Å². The lowest BCUT2D eigenvalue weighted by atomic mass is 9.92. The van der Waals surface area contributed by atoms with Gasteiger partial charge in [-0.25, -0.2) is 14.2 Å². The summed E-state index contributed by atoms with van der Waals surface area (Å²) in [6.45, 7) is 0. The topological polar surface area (TPSA) is 148 Å². The largest absolute Gasteiger partial charge is 0.363 e. The second-order valence-corrected chi connectivity index (χ2v) is 8.82. The van der Waals surface area contributed by atoms with Gasteiger partial charge < -0.3 is 10.6 Å². The Kier molecular flexibility index (Phi) is 6.82. The maximum absolute atomic E-state index is 13.4. The van der Waals surface area contributed by atoms with Crippen LogP contribution in [-0.2, 0) is 10.2 Å². The fourth-order valence-corrected chi connectivity index (χ4v) is 4.23. The molecule has 0 amide bonds. The molecule has 1 aliphatic rings. The van der Waals surface area contributed by atoms with Gasteiger partial charge in [-0.2, -0.15) is 13.1 Å². The van der Waals surface area contributed by atoms with Crippen molar-refractivity contribution in [3.8, 4) is 0 Å². The van der Waals surface area contributed by atoms with E-state index in [1.54, 1.807) is 19.2 Å². The summed E-state index contributed by atoms with van der Waals surface area (Å²) in [7, 11) is -2.12. The molecule has 5 N–H and O–H groups in total. The number of rotatable bonds is 6. The zero-order chi connectivity index (χ0) is 21.0. The number of amidine groups is 1. The van der Waals surface area contributed by atoms with E-state index >= 15 is 0 Å². The third kappa shape index (κ3) is 5.95. The molecular weight excluding hydrogens is 469 g/mol. The smallest absolute Gasteiger partial charge is 0.274 e. The van der Waals surface area contributed by atoms with Gasteiger partial charge in [0.1, 0.15) is 5.82 Å². The summed E-state index contributed by atoms with van der Waals surface area (Å²) in [5.41, 5.74) is 1.00. The quantitative estimate of drug-likeness (QED) is 0.358. The second kappa shape index (κ2) is 9.15. The van der Waals surface area contributed by atoms with Crippen molar-refractivity contribution in [1.29, 1.82) is 0 Å². The Balaban J connectivity index is 1.65. The number of aliphatic imine (C=N–C) groups is 1. The number of hydrogen-bond acceptors (Lipinski definition) is 7. The number of halogens is 2. The number of anilines is 2. The second-order valence-electron chi connectivity index (χ2n) is 6.64. The van der Waals surface area contributed by atoms with Crippen LogP contribution in [0.3, 0.4) is 0 Å². The molecule has 13 heteroatoms. The van der Waals surface area contributed by atoms with Crippen LogP contribution in [0.5, 0.6) is 0 Å². The average Bonchev–Trinajstić information content (AvgIpc) is 3.11. The van der Waals surface area contributed by atoms with Crippen molar-refractivity contribution >= 4 is 43.5 Å². The molecule has 1 aromatic heterocycles. The van der Waals surface area contributed by atoms with Gasteiger partial charge in [-0.1, -0.05) is 0 Å². The fraction of sp³-hybridized carbons (Fsp3) is 0.438. The molecule has 0 atom stereocenters. The van der Waals surface area contributed by atoms with Gasteiger partial charge in [0.05, 0.1) is 4.47 Å². The summed E-state index contributed by atoms with van der Waals surface area (Å²) in [5.74, 6) is 0.447. The van der Waals surface area contributed by atoms with Gasteiger partial charge in [0.15, 0.2) is 11.5 Å². The summed E-state index contributed by atoms with van der Waals surface area (Å²) in [4.78, 5) is 4.19. The molecule has 0 aliphatic heterocycles. The molecule has 29 heavy (non-hydrogen) atoms. The molecule has 0 spiro atoms. The van der Waals surface area contributed by atoms with Crippen molar-refractivity contribution < 1.29 is 17.4 Å². The van der Waals surface area contributed by atoms with Crippen LogP contribution in [0.2, 0.25) is 0 Å². The fourth-order valence-electron chi connectivity index (χ4n) is 3.15. The number of nitrogens with zero attached hydrogens (tertiary/aromatic N) is 3. The van der Waals surface area contributed by atoms with Crippen LogP contribution in [0.25, 0.3) is 0 Å². The number of hydrogen-bond donors (Lipinski definition) is 4. The molecular formula is C16H21BrFN7O3S. The van der Waals surface area contributed by atoms with Gasteiger partial charge in [0.2, 0.25) is 5.82 Å². The number of aromatic nitrogens is 2. The van der Waals surface area contributed by atoms with Crippen molar-refractivity contribution in [3.63, 3.8) is 0 Å². The summed E-state index contributed by atoms with van der Waals surface area (Å²) >= 11 is 3.15. The number of nitrogens with one attached hydrogen (secondary N) is 3. The number of nitrogens with two attached hydrogens (primary N) is 1. The van der Waals surface area contributed by atoms with Gasteiger partial charge in [0.25, 0.3) is 10.2 Å². The Morgan fingerprint density at radius 1 is 1.28 bits per heavy atom. The molecule has 1 aliphatic carbocycles. The first-order chi connectivity index (χ1) is 13.7. The Hall–Kier alpha value is -2.09. The van der Waals surface area contributed by atoms with E-state index in [4.69, 9.17) is 9.77 Å². The zero-order valence-corrected chi connectivity index (χ0v) is 17.9. The first kappa shape index (κ1) is 21.6. The van der Waals surface area contributed by atoms with Crippen LogP contribution in [0.4, 0.5) is 15.9 Å². The predicted octanol–water partition coefficient (Wildman–Crippen LogP) is 1.98. The third-order valence-electron chi connectivity index (χ3n) is 4.52. The molecule has 1 heterocycles. The molecule has 1 aromatic carbocycles. The van der Waals surface area contributed by atoms with Crippen molar-refractivity contribution in [2.75, 3.05) is 17.7 Å². The predicted molar refractivity (Wildman–Crippen MR) is 110 cm³/mol. The van der Waals surface area contributed by atoms with Gasteiger partial charge in [-0.15, -0.1) is 0 Å². The van der Waals surface area contributed by atoms with Crippen LogP contribution in [0.1, 0.15) is 31.4 Å². The molecule has 10 nitrogen and oxygen atoms in total. The highest BCUT2D eigenvalue weighted by molar-refractivity contribution is 9.10. The molecule has 0 radical (unpaired) electrons. The Morgan fingerprint density at radius 3 is 2.59 bits per heavy atom. The molecule has 1 fully saturated rings. The van der Waals surface area contributed by atoms with E-state index < -0.39 is 10.2 Å². The van der Waals surface area contributed by atoms with E-state index in [0.717, 1.165) is 12.8 Å². The van der Waals surface area contributed by atoms with Crippen LogP contribution >= 0.6 is 15.9 Å². The highest BCUT2D eigenvalue weighted by atomic mass is 79.9. The Bertz CT molecular complexity index is 990. The summed E-state index contributed by atoms with van der Waals surface area (Å²) in [6.07, 6.45) is 2.73. The Labute approximate surface area is 175 Å². The number of benzene rings is 1. The highest BCUT2D eigenvalue weighted by Gasteiger charge is 2.26. The summed E-state index contributed by atoms with van der Waals surface area (Å²) < 4.78 is 43.4. The van der Waals surface area contributed by atoms with Gasteiger partial charge in [-0.05, 0) is 70.1 Å². The van der Waals surface area contributed by atoms with E-state index in [1.807, 2.05) is 0 Å². The molecule has 0 unspecified atom stereocenters. The molecule has 0 saturated heterocycles. The third-order valence-corrected chi connectivity index (χ3v) is 5.79. The summed E-state index contributed by atoms with van der Waals surface area (Å²) in [5, 5.41) is 19.2. The van der Waals surface area contributed by atoms with E-state index in [9.17, 15) is 12.8 Å². The van der Waals surface area contributed by atoms with E-state index in [1.165, 1.54) is 6.07 Å². The minimum atomic E-state index is -3.71. The van der Waals surface area contributed by atoms with E-state index in [2.05, 4.69) is 46.6 Å². The highest BCUT2D eigenvalue weighted by Crippen LogP contribution is 2.24. The van der Waals surface area contributed by atoms with Crippen LogP contribution in [-0.4, -0.2) is 43.7 Å². The lowest BCUT2D eigenvalue weighted by molar-refractivity contribution is 0.306. The molecule has 158 valence electrons. The standard InChI is InChI=1S/C16H21BrFN7O3S/c1-20-15(22-11-6-7-13(18)12(17)8-11)14-16(24-28-23-14)21-9-2-4-10(5-3-9)25-29(19,26)27/h6-10,25H,2-5H2,1H3,(H,20,22)(H,21,24)(H2,19,26,27)/t9-,10+. The minimum absolute atomic E-state index is 0.0669. The van der Waals surface area contributed by atoms with E-state index in [0.29, 0.717) is 40.3 Å². The molecule has 2 aromatic rings. The van der Waals surface area contributed by atoms with Gasteiger partial charge in [-0.3, -0.25) is 4.99 Å². The van der Waals surface area contributed by atoms with Crippen molar-refractivity contribution in [2.45, 2.75) is 37.8 Å². The van der Waals surface area contributed by atoms with Crippen molar-refractivity contribution in [1.82, 2.24) is 15.0 Å². The first-order valence-electron chi connectivity index (χ1n) is 8.83. The maximum Gasteiger partial charge on any atom is 0.274 e. The van der Waals surface area contributed by atoms with E-state index in [-0.39, 0.29) is 17.9 Å². The van der Waals surface area contributed by atoms with Crippen molar-refractivity contribution in [3.05, 3.63) is 34.2 Å². The molecule has 0 bridgehead atoms. The average molecular weight is 490 g/mol. The van der Waals surface area contributed by atoms with Gasteiger partial charge >= 0.3 is 0 Å². The van der Waals surface area contributed by atoms with Gasteiger partial charge in [0, 0.05) is 24.8 Å². The van der Waals surface area contributed by atoms with Crippen LogP contribution < -0.4 is 20.5 Å². The SMILES string of the molecule is C/N=C(/Nc1ccc(F)c(Br)c1)c1nonc1N[C@H]1CC[C@@H](NS(N)(=O)=O)CC1. The van der Waals surface area contributed by atoms with Crippen LogP contribution in [0, 0.1) is 5.82 Å². The first-order valence-corrected chi connectivity index (χ1v) is 11.2. The zero-order valence-electron chi connectivity index (χ0n) is 15.5. The lowest BCUT2D eigenvalue weighted by Gasteiger charge is -2.28. The molecule has 1 saturated carbocycles. The maximum atomic E-state index is 13.4. The summed E-state index contributed by atoms with van der Waals surface area (Å²) in [6, 6.07) is 4.38. The normalized spacial score (nSPS) is 20.5.